The Morgan fingerprint density at radius 1 is 0.456 bits per heavy atom. The lowest BCUT2D eigenvalue weighted by Gasteiger charge is -2.27. The highest BCUT2D eigenvalue weighted by Crippen LogP contribution is 2.43. The first kappa shape index (κ1) is 75.7. The van der Waals surface area contributed by atoms with E-state index in [0.717, 1.165) is 122 Å². The molecule has 0 aromatic carbocycles. The molecular weight excluding hydrogens is 1000 g/mol. The van der Waals surface area contributed by atoms with Crippen LogP contribution in [-0.2, 0) is 27.9 Å². The summed E-state index contributed by atoms with van der Waals surface area (Å²) in [5, 5.41) is 3.04. The zero-order chi connectivity index (χ0) is 57.9. The van der Waals surface area contributed by atoms with Gasteiger partial charge in [-0.15, -0.1) is 0 Å². The Bertz CT molecular complexity index is 1720. The highest BCUT2D eigenvalue weighted by Gasteiger charge is 2.30. The third-order valence-electron chi connectivity index (χ3n) is 13.7. The van der Waals surface area contributed by atoms with Crippen LogP contribution in [0.2, 0.25) is 0 Å². The van der Waals surface area contributed by atoms with Crippen LogP contribution in [0.4, 0.5) is 0 Å². The molecule has 0 spiro atoms. The lowest BCUT2D eigenvalue weighted by Crippen LogP contribution is -2.47. The Balaban J connectivity index is 5.32. The summed E-state index contributed by atoms with van der Waals surface area (Å²) in [6, 6.07) is -0.873. The summed E-state index contributed by atoms with van der Waals surface area (Å²) in [6.07, 6.45) is 79.4. The fourth-order valence-corrected chi connectivity index (χ4v) is 9.47. The van der Waals surface area contributed by atoms with Crippen molar-refractivity contribution in [1.29, 1.82) is 0 Å². The van der Waals surface area contributed by atoms with E-state index in [1.807, 2.05) is 33.3 Å². The molecule has 454 valence electrons. The van der Waals surface area contributed by atoms with Crippen molar-refractivity contribution in [1.82, 2.24) is 5.32 Å². The van der Waals surface area contributed by atoms with Gasteiger partial charge in [0.1, 0.15) is 19.3 Å². The van der Waals surface area contributed by atoms with Crippen LogP contribution < -0.4 is 5.32 Å². The first-order valence-electron chi connectivity index (χ1n) is 32.2. The molecule has 0 aromatic rings. The Hall–Kier alpha value is -3.33. The third-order valence-corrected chi connectivity index (χ3v) is 14.7. The summed E-state index contributed by atoms with van der Waals surface area (Å²) in [5.74, 6) is -0.546. The van der Waals surface area contributed by atoms with Crippen molar-refractivity contribution in [3.05, 3.63) is 109 Å². The predicted molar refractivity (Wildman–Crippen MR) is 341 cm³/mol. The first-order valence-corrected chi connectivity index (χ1v) is 33.7. The van der Waals surface area contributed by atoms with Gasteiger partial charge in [0.25, 0.3) is 0 Å². The number of phosphoric ester groups is 1. The van der Waals surface area contributed by atoms with Gasteiger partial charge in [0.2, 0.25) is 5.91 Å². The van der Waals surface area contributed by atoms with Gasteiger partial charge >= 0.3 is 13.8 Å². The van der Waals surface area contributed by atoms with E-state index in [-0.39, 0.29) is 31.5 Å². The van der Waals surface area contributed by atoms with Gasteiger partial charge in [0.15, 0.2) is 0 Å². The first-order chi connectivity index (χ1) is 38.4. The van der Waals surface area contributed by atoms with Crippen molar-refractivity contribution in [2.75, 3.05) is 40.9 Å². The average molecular weight is 1120 g/mol. The molecule has 0 aromatic heterocycles. The average Bonchev–Trinajstić information content (AvgIpc) is 3.41. The summed E-state index contributed by atoms with van der Waals surface area (Å²) in [7, 11) is 1.46. The number of phosphoric acid groups is 1. The molecule has 0 aliphatic heterocycles. The van der Waals surface area contributed by atoms with Gasteiger partial charge < -0.3 is 19.4 Å². The number of rotatable bonds is 57. The molecule has 0 bridgehead atoms. The van der Waals surface area contributed by atoms with Crippen LogP contribution >= 0.6 is 7.82 Å². The molecule has 0 aliphatic rings. The fraction of sp³-hybridized carbons (Fsp3) is 0.710. The number of likely N-dealkylation sites (N-methyl/N-ethyl adjacent to an activating group) is 1. The Labute approximate surface area is 487 Å². The Morgan fingerprint density at radius 3 is 1.24 bits per heavy atom. The SMILES string of the molecule is CC/C=C\C/C=C\C/C=C\C/C=C\C/C=C\C/C=C\CCCCCCC(=O)NC(COP(=O)(O)OCC[N+](C)(C)C)C(/C=C\CCCCCCCCCCCCC)OC(=O)CCCCCCCCC/C=C\C/C=C\CCCCC. The smallest absolute Gasteiger partial charge is 0.456 e. The molecular formula is C69H122N2O7P+. The molecule has 1 amide bonds. The maximum absolute atomic E-state index is 13.6. The van der Waals surface area contributed by atoms with Crippen LogP contribution in [0, 0.1) is 0 Å². The van der Waals surface area contributed by atoms with Gasteiger partial charge in [-0.1, -0.05) is 246 Å². The largest absolute Gasteiger partial charge is 0.472 e. The zero-order valence-corrected chi connectivity index (χ0v) is 52.7. The number of amides is 1. The van der Waals surface area contributed by atoms with E-state index < -0.39 is 20.0 Å². The van der Waals surface area contributed by atoms with Crippen molar-refractivity contribution in [2.24, 2.45) is 0 Å². The third kappa shape index (κ3) is 59.1. The number of ether oxygens (including phenoxy) is 1. The number of allylic oxidation sites excluding steroid dienone is 17. The molecule has 0 radical (unpaired) electrons. The normalized spacial score (nSPS) is 14.4. The number of hydrogen-bond acceptors (Lipinski definition) is 6. The van der Waals surface area contributed by atoms with Gasteiger partial charge in [-0.3, -0.25) is 18.6 Å². The summed E-state index contributed by atoms with van der Waals surface area (Å²) < 4.78 is 30.7. The fourth-order valence-electron chi connectivity index (χ4n) is 8.74. The van der Waals surface area contributed by atoms with Crippen LogP contribution in [0.1, 0.15) is 265 Å². The molecule has 0 saturated heterocycles. The standard InChI is InChI=1S/C69H121N2O7P/c1-7-10-13-16-19-22-25-28-30-32-33-34-35-36-37-39-40-43-46-49-52-55-58-61-68(72)70-66(65-77-79(74,75)76-64-63-71(4,5)6)67(60-57-54-51-48-45-42-27-24-21-18-15-12-9-3)78-69(73)62-59-56-53-50-47-44-41-38-31-29-26-23-20-17-14-11-8-2/h10,13,19-20,22-23,28-31,33-34,36-37,40,43,57,60,66-67H,7-9,11-12,14-18,21,24-27,32,35,38-39,41-42,44-56,58-59,61-65H2,1-6H3,(H-,70,72,74,75)/p+1/b13-10-,22-19-,23-20-,30-28-,31-29-,34-33-,37-36-,43-40-,60-57-. The maximum atomic E-state index is 13.6. The Morgan fingerprint density at radius 2 is 0.810 bits per heavy atom. The van der Waals surface area contributed by atoms with Crippen LogP contribution in [-0.4, -0.2) is 74.3 Å². The van der Waals surface area contributed by atoms with Crippen molar-refractivity contribution in [3.8, 4) is 0 Å². The molecule has 79 heavy (non-hydrogen) atoms. The second kappa shape index (κ2) is 57.9. The van der Waals surface area contributed by atoms with E-state index in [1.54, 1.807) is 0 Å². The van der Waals surface area contributed by atoms with Gasteiger partial charge in [-0.25, -0.2) is 4.57 Å². The predicted octanol–water partition coefficient (Wildman–Crippen LogP) is 20.1. The van der Waals surface area contributed by atoms with E-state index in [0.29, 0.717) is 23.9 Å². The van der Waals surface area contributed by atoms with E-state index in [2.05, 4.69) is 123 Å². The van der Waals surface area contributed by atoms with Crippen LogP contribution in [0.5, 0.6) is 0 Å². The van der Waals surface area contributed by atoms with E-state index in [4.69, 9.17) is 13.8 Å². The van der Waals surface area contributed by atoms with Crippen molar-refractivity contribution < 1.29 is 37.3 Å². The number of nitrogens with one attached hydrogen (secondary N) is 1. The molecule has 3 unspecified atom stereocenters. The molecule has 0 rings (SSSR count). The summed E-state index contributed by atoms with van der Waals surface area (Å²) in [6.45, 7) is 6.85. The highest BCUT2D eigenvalue weighted by molar-refractivity contribution is 7.47. The van der Waals surface area contributed by atoms with Gasteiger partial charge in [-0.2, -0.15) is 0 Å². The van der Waals surface area contributed by atoms with Crippen molar-refractivity contribution in [2.45, 2.75) is 277 Å². The summed E-state index contributed by atoms with van der Waals surface area (Å²) in [5.41, 5.74) is 0. The number of carbonyl (C=O) groups is 2. The lowest BCUT2D eigenvalue weighted by atomic mass is 10.0. The minimum atomic E-state index is -4.47. The molecule has 9 nitrogen and oxygen atoms in total. The molecule has 0 fully saturated rings. The Kier molecular flexibility index (Phi) is 55.4. The summed E-state index contributed by atoms with van der Waals surface area (Å²) >= 11 is 0. The minimum Gasteiger partial charge on any atom is -0.456 e. The molecule has 2 N–H and O–H groups in total. The molecule has 0 aliphatic carbocycles. The zero-order valence-electron chi connectivity index (χ0n) is 51.8. The molecule has 0 saturated carbocycles. The molecule has 10 heteroatoms. The quantitative estimate of drug-likeness (QED) is 0.0205. The second-order valence-corrected chi connectivity index (χ2v) is 24.0. The van der Waals surface area contributed by atoms with Crippen LogP contribution in [0.3, 0.4) is 0 Å². The maximum Gasteiger partial charge on any atom is 0.472 e. The number of nitrogens with zero attached hydrogens (tertiary/aromatic N) is 1. The number of quaternary nitrogens is 1. The van der Waals surface area contributed by atoms with Crippen LogP contribution in [0.25, 0.3) is 0 Å². The number of hydrogen-bond donors (Lipinski definition) is 2. The lowest BCUT2D eigenvalue weighted by molar-refractivity contribution is -0.870. The van der Waals surface area contributed by atoms with E-state index >= 15 is 0 Å². The number of esters is 1. The second-order valence-electron chi connectivity index (χ2n) is 22.5. The van der Waals surface area contributed by atoms with Gasteiger partial charge in [-0.05, 0) is 115 Å². The molecule has 3 atom stereocenters. The number of carbonyl (C=O) groups excluding carboxylic acids is 2. The summed E-state index contributed by atoms with van der Waals surface area (Å²) in [4.78, 5) is 37.8. The van der Waals surface area contributed by atoms with Crippen molar-refractivity contribution >= 4 is 19.7 Å². The van der Waals surface area contributed by atoms with Gasteiger partial charge in [0.05, 0.1) is 33.8 Å². The minimum absolute atomic E-state index is 0.0282. The van der Waals surface area contributed by atoms with Crippen molar-refractivity contribution in [3.63, 3.8) is 0 Å². The monoisotopic (exact) mass is 1120 g/mol. The van der Waals surface area contributed by atoms with Crippen LogP contribution in [0.15, 0.2) is 109 Å². The highest BCUT2D eigenvalue weighted by atomic mass is 31.2. The molecule has 0 heterocycles. The van der Waals surface area contributed by atoms with E-state index in [1.165, 1.54) is 103 Å². The van der Waals surface area contributed by atoms with E-state index in [9.17, 15) is 19.0 Å². The van der Waals surface area contributed by atoms with Gasteiger partial charge in [0, 0.05) is 12.8 Å². The number of unbranched alkanes of at least 4 members (excludes halogenated alkanes) is 25. The topological polar surface area (TPSA) is 111 Å².